The van der Waals surface area contributed by atoms with E-state index in [-0.39, 0.29) is 18.2 Å². The Morgan fingerprint density at radius 1 is 1.33 bits per heavy atom. The van der Waals surface area contributed by atoms with Crippen LogP contribution in [-0.4, -0.2) is 29.6 Å². The highest BCUT2D eigenvalue weighted by Crippen LogP contribution is 2.12. The topological polar surface area (TPSA) is 78.3 Å². The smallest absolute Gasteiger partial charge is 0.411 e. The number of carbonyl (C=O) groups excluding carboxylic acids is 1. The molecule has 0 aromatic carbocycles. The third kappa shape index (κ3) is 8.05. The molecule has 0 aromatic rings. The molecule has 0 aliphatic heterocycles. The fourth-order valence-corrected chi connectivity index (χ4v) is 1.95. The molecule has 0 aliphatic rings. The lowest BCUT2D eigenvalue weighted by Gasteiger charge is -2.29. The highest BCUT2D eigenvalue weighted by molar-refractivity contribution is 5.70. The van der Waals surface area contributed by atoms with Gasteiger partial charge in [-0.25, -0.2) is 4.79 Å². The SMILES string of the molecule is C=C/C(=C\CCCCN=[N+]=[N-])OC(=O)N(C(C)C)C(C)C. The third-order valence-electron chi connectivity index (χ3n) is 2.85. The highest BCUT2D eigenvalue weighted by Gasteiger charge is 2.22. The molecule has 0 bridgehead atoms. The van der Waals surface area contributed by atoms with Gasteiger partial charge in [-0.3, -0.25) is 0 Å². The quantitative estimate of drug-likeness (QED) is 0.153. The lowest BCUT2D eigenvalue weighted by molar-refractivity contribution is 0.104. The molecular weight excluding hydrogens is 268 g/mol. The van der Waals surface area contributed by atoms with E-state index in [1.807, 2.05) is 33.8 Å². The number of hydrogen-bond donors (Lipinski definition) is 0. The molecule has 0 unspecified atom stereocenters. The van der Waals surface area contributed by atoms with E-state index in [1.165, 1.54) is 6.08 Å². The van der Waals surface area contributed by atoms with E-state index in [1.54, 1.807) is 4.90 Å². The van der Waals surface area contributed by atoms with E-state index >= 15 is 0 Å². The van der Waals surface area contributed by atoms with Gasteiger partial charge in [-0.2, -0.15) is 0 Å². The van der Waals surface area contributed by atoms with Crippen LogP contribution in [0, 0.1) is 0 Å². The van der Waals surface area contributed by atoms with E-state index in [0.29, 0.717) is 12.3 Å². The number of ether oxygens (including phenoxy) is 1. The summed E-state index contributed by atoms with van der Waals surface area (Å²) in [6.07, 6.45) is 5.43. The van der Waals surface area contributed by atoms with Crippen molar-refractivity contribution in [2.45, 2.75) is 59.0 Å². The monoisotopic (exact) mass is 294 g/mol. The molecule has 0 atom stereocenters. The van der Waals surface area contributed by atoms with Crippen LogP contribution in [0.5, 0.6) is 0 Å². The maximum absolute atomic E-state index is 12.1. The van der Waals surface area contributed by atoms with Crippen LogP contribution in [0.2, 0.25) is 0 Å². The summed E-state index contributed by atoms with van der Waals surface area (Å²) in [5.41, 5.74) is 8.16. The number of rotatable bonds is 9. The molecule has 0 aromatic heterocycles. The number of carbonyl (C=O) groups is 1. The summed E-state index contributed by atoms with van der Waals surface area (Å²) in [6, 6.07) is 0.153. The Kier molecular flexibility index (Phi) is 9.80. The van der Waals surface area contributed by atoms with Crippen molar-refractivity contribution in [3.8, 4) is 0 Å². The number of allylic oxidation sites excluding steroid dienone is 2. The number of nitrogens with zero attached hydrogens (tertiary/aromatic N) is 4. The Morgan fingerprint density at radius 2 is 1.95 bits per heavy atom. The normalized spacial score (nSPS) is 11.2. The predicted molar refractivity (Wildman–Crippen MR) is 84.7 cm³/mol. The Hall–Kier alpha value is -1.94. The van der Waals surface area contributed by atoms with Crippen LogP contribution >= 0.6 is 0 Å². The molecule has 0 heterocycles. The second-order valence-electron chi connectivity index (χ2n) is 5.22. The van der Waals surface area contributed by atoms with Crippen LogP contribution < -0.4 is 0 Å². The second-order valence-corrected chi connectivity index (χ2v) is 5.22. The van der Waals surface area contributed by atoms with E-state index in [0.717, 1.165) is 19.3 Å². The van der Waals surface area contributed by atoms with Crippen molar-refractivity contribution in [1.29, 1.82) is 0 Å². The van der Waals surface area contributed by atoms with E-state index in [4.69, 9.17) is 10.3 Å². The van der Waals surface area contributed by atoms with Crippen molar-refractivity contribution >= 4 is 6.09 Å². The van der Waals surface area contributed by atoms with Gasteiger partial charge in [-0.05, 0) is 64.6 Å². The zero-order valence-electron chi connectivity index (χ0n) is 13.5. The first-order chi connectivity index (χ1) is 9.93. The molecule has 1 amide bonds. The van der Waals surface area contributed by atoms with Crippen LogP contribution in [0.3, 0.4) is 0 Å². The summed E-state index contributed by atoms with van der Waals surface area (Å²) in [7, 11) is 0. The Bertz CT molecular complexity index is 402. The molecule has 0 N–H and O–H groups in total. The van der Waals surface area contributed by atoms with Crippen molar-refractivity contribution in [1.82, 2.24) is 4.90 Å². The molecule has 0 saturated heterocycles. The van der Waals surface area contributed by atoms with Gasteiger partial charge in [0.2, 0.25) is 0 Å². The zero-order chi connectivity index (χ0) is 16.3. The van der Waals surface area contributed by atoms with E-state index in [9.17, 15) is 4.79 Å². The van der Waals surface area contributed by atoms with Crippen LogP contribution in [0.4, 0.5) is 4.79 Å². The Balaban J connectivity index is 4.43. The maximum Gasteiger partial charge on any atom is 0.415 e. The molecule has 0 rings (SSSR count). The Morgan fingerprint density at radius 3 is 2.43 bits per heavy atom. The van der Waals surface area contributed by atoms with Crippen LogP contribution in [-0.2, 0) is 4.74 Å². The third-order valence-corrected chi connectivity index (χ3v) is 2.85. The van der Waals surface area contributed by atoms with Crippen LogP contribution in [0.25, 0.3) is 10.4 Å². The van der Waals surface area contributed by atoms with E-state index in [2.05, 4.69) is 16.6 Å². The molecule has 0 radical (unpaired) electrons. The van der Waals surface area contributed by atoms with Gasteiger partial charge in [0.15, 0.2) is 0 Å². The predicted octanol–water partition coefficient (Wildman–Crippen LogP) is 4.79. The summed E-state index contributed by atoms with van der Waals surface area (Å²) in [5, 5.41) is 3.47. The average molecular weight is 294 g/mol. The van der Waals surface area contributed by atoms with E-state index < -0.39 is 0 Å². The number of hydrogen-bond acceptors (Lipinski definition) is 3. The lowest BCUT2D eigenvalue weighted by Crippen LogP contribution is -2.42. The molecule has 21 heavy (non-hydrogen) atoms. The summed E-state index contributed by atoms with van der Waals surface area (Å²) in [4.78, 5) is 16.5. The average Bonchev–Trinajstić information content (AvgIpc) is 2.40. The van der Waals surface area contributed by atoms with Crippen LogP contribution in [0.1, 0.15) is 47.0 Å². The lowest BCUT2D eigenvalue weighted by atomic mass is 10.2. The van der Waals surface area contributed by atoms with Crippen molar-refractivity contribution in [3.05, 3.63) is 34.9 Å². The van der Waals surface area contributed by atoms with Crippen molar-refractivity contribution in [2.24, 2.45) is 5.11 Å². The van der Waals surface area contributed by atoms with Crippen molar-refractivity contribution in [3.63, 3.8) is 0 Å². The van der Waals surface area contributed by atoms with Gasteiger partial charge < -0.3 is 9.64 Å². The first-order valence-corrected chi connectivity index (χ1v) is 7.27. The summed E-state index contributed by atoms with van der Waals surface area (Å²) < 4.78 is 5.36. The molecular formula is C15H26N4O2. The second kappa shape index (κ2) is 10.8. The van der Waals surface area contributed by atoms with Gasteiger partial charge in [0.25, 0.3) is 0 Å². The summed E-state index contributed by atoms with van der Waals surface area (Å²) in [5.74, 6) is 0.468. The van der Waals surface area contributed by atoms with Gasteiger partial charge in [0.1, 0.15) is 5.76 Å². The molecule has 0 spiro atoms. The summed E-state index contributed by atoms with van der Waals surface area (Å²) in [6.45, 7) is 12.0. The van der Waals surface area contributed by atoms with Gasteiger partial charge in [-0.15, -0.1) is 0 Å². The molecule has 6 heteroatoms. The highest BCUT2D eigenvalue weighted by atomic mass is 16.6. The molecule has 118 valence electrons. The number of unbranched alkanes of at least 4 members (excludes halogenated alkanes) is 2. The molecule has 6 nitrogen and oxygen atoms in total. The van der Waals surface area contributed by atoms with Crippen molar-refractivity contribution < 1.29 is 9.53 Å². The van der Waals surface area contributed by atoms with Gasteiger partial charge in [-0.1, -0.05) is 11.7 Å². The standard InChI is InChI=1S/C15H26N4O2/c1-6-14(10-8-7-9-11-17-18-16)21-15(20)19(12(2)3)13(4)5/h6,10,12-13H,1,7-9,11H2,2-5H3/b14-10+. The zero-order valence-corrected chi connectivity index (χ0v) is 13.5. The maximum atomic E-state index is 12.1. The van der Waals surface area contributed by atoms with Crippen molar-refractivity contribution in [2.75, 3.05) is 6.54 Å². The minimum atomic E-state index is -0.361. The first kappa shape index (κ1) is 19.1. The fourth-order valence-electron chi connectivity index (χ4n) is 1.95. The first-order valence-electron chi connectivity index (χ1n) is 7.27. The minimum Gasteiger partial charge on any atom is -0.411 e. The van der Waals surface area contributed by atoms with Gasteiger partial charge in [0.05, 0.1) is 0 Å². The molecule has 0 saturated carbocycles. The summed E-state index contributed by atoms with van der Waals surface area (Å²) >= 11 is 0. The largest absolute Gasteiger partial charge is 0.415 e. The molecule has 0 fully saturated rings. The number of amides is 1. The van der Waals surface area contributed by atoms with Gasteiger partial charge in [0, 0.05) is 23.5 Å². The fraction of sp³-hybridized carbons (Fsp3) is 0.667. The minimum absolute atomic E-state index is 0.0763. The Labute approximate surface area is 127 Å². The molecule has 0 aliphatic carbocycles. The van der Waals surface area contributed by atoms with Gasteiger partial charge >= 0.3 is 6.09 Å². The number of azide groups is 1. The van der Waals surface area contributed by atoms with Crippen LogP contribution in [0.15, 0.2) is 29.6 Å².